The maximum atomic E-state index is 12.0. The zero-order chi connectivity index (χ0) is 17.1. The summed E-state index contributed by atoms with van der Waals surface area (Å²) in [7, 11) is 0. The number of carbonyl (C=O) groups is 1. The van der Waals surface area contributed by atoms with Crippen LogP contribution >= 0.6 is 0 Å². The molecule has 0 aliphatic rings. The average molecular weight is 329 g/mol. The van der Waals surface area contributed by atoms with Crippen LogP contribution in [0.15, 0.2) is 33.6 Å². The quantitative estimate of drug-likeness (QED) is 0.746. The maximum absolute atomic E-state index is 12.0. The Balaban J connectivity index is 1.55. The van der Waals surface area contributed by atoms with Crippen molar-refractivity contribution < 1.29 is 13.6 Å². The number of hydrogen-bond donors (Lipinski definition) is 1. The summed E-state index contributed by atoms with van der Waals surface area (Å²) in [6.45, 7) is 5.87. The number of rotatable bonds is 6. The molecule has 126 valence electrons. The molecule has 0 unspecified atom stereocenters. The van der Waals surface area contributed by atoms with Gasteiger partial charge in [0.1, 0.15) is 5.76 Å². The fourth-order valence-electron chi connectivity index (χ4n) is 2.20. The Morgan fingerprint density at radius 3 is 2.88 bits per heavy atom. The molecule has 0 aliphatic heterocycles. The maximum Gasteiger partial charge on any atom is 0.251 e. The zero-order valence-corrected chi connectivity index (χ0v) is 13.8. The molecule has 24 heavy (non-hydrogen) atoms. The fraction of sp³-hybridized carbons (Fsp3) is 0.375. The minimum Gasteiger partial charge on any atom is -0.469 e. The Labute approximate surface area is 138 Å². The van der Waals surface area contributed by atoms with Gasteiger partial charge in [-0.25, -0.2) is 0 Å². The summed E-state index contributed by atoms with van der Waals surface area (Å²) in [5.41, 5.74) is 1.44. The summed E-state index contributed by atoms with van der Waals surface area (Å²) < 4.78 is 12.6. The minimum absolute atomic E-state index is 0.127. The number of amides is 1. The molecule has 0 bridgehead atoms. The molecule has 0 spiro atoms. The predicted octanol–water partition coefficient (Wildman–Crippen LogP) is 2.99. The molecule has 3 aromatic rings. The standard InChI is InChI=1S/C16H19N5O3/c1-10(2)21-9-12(8-17-21)18-14(22)4-5-15-19-20-16(24-15)13-6-7-23-11(13)3/h6-10H,4-5H2,1-3H3,(H,18,22). The SMILES string of the molecule is Cc1occc1-c1nnc(CCC(=O)Nc2cnn(C(C)C)c2)o1. The topological polar surface area (TPSA) is 99.0 Å². The van der Waals surface area contributed by atoms with Gasteiger partial charge in [0.2, 0.25) is 11.8 Å². The van der Waals surface area contributed by atoms with Crippen LogP contribution in [0.25, 0.3) is 11.5 Å². The molecule has 1 N–H and O–H groups in total. The van der Waals surface area contributed by atoms with E-state index in [1.807, 2.05) is 20.8 Å². The fourth-order valence-corrected chi connectivity index (χ4v) is 2.20. The highest BCUT2D eigenvalue weighted by atomic mass is 16.4. The summed E-state index contributed by atoms with van der Waals surface area (Å²) in [5.74, 6) is 1.40. The minimum atomic E-state index is -0.127. The lowest BCUT2D eigenvalue weighted by Gasteiger charge is -2.03. The van der Waals surface area contributed by atoms with Crippen molar-refractivity contribution in [3.8, 4) is 11.5 Å². The van der Waals surface area contributed by atoms with Crippen LogP contribution in [0.1, 0.15) is 38.0 Å². The molecule has 0 atom stereocenters. The van der Waals surface area contributed by atoms with E-state index >= 15 is 0 Å². The Bertz CT molecular complexity index is 830. The van der Waals surface area contributed by atoms with Crippen LogP contribution in [0.5, 0.6) is 0 Å². The van der Waals surface area contributed by atoms with Crippen molar-refractivity contribution in [1.29, 1.82) is 0 Å². The van der Waals surface area contributed by atoms with Crippen molar-refractivity contribution in [2.45, 2.75) is 39.7 Å². The lowest BCUT2D eigenvalue weighted by atomic mass is 10.2. The van der Waals surface area contributed by atoms with E-state index in [2.05, 4.69) is 20.6 Å². The third-order valence-corrected chi connectivity index (χ3v) is 3.54. The van der Waals surface area contributed by atoms with E-state index in [1.54, 1.807) is 29.4 Å². The van der Waals surface area contributed by atoms with Crippen molar-refractivity contribution in [1.82, 2.24) is 20.0 Å². The van der Waals surface area contributed by atoms with Crippen molar-refractivity contribution in [3.05, 3.63) is 36.4 Å². The van der Waals surface area contributed by atoms with Gasteiger partial charge >= 0.3 is 0 Å². The van der Waals surface area contributed by atoms with Gasteiger partial charge in [0.15, 0.2) is 0 Å². The highest BCUT2D eigenvalue weighted by Gasteiger charge is 2.14. The molecule has 0 saturated carbocycles. The van der Waals surface area contributed by atoms with Gasteiger partial charge in [-0.15, -0.1) is 10.2 Å². The first kappa shape index (κ1) is 16.0. The molecule has 1 amide bonds. The van der Waals surface area contributed by atoms with Crippen LogP contribution in [0.4, 0.5) is 5.69 Å². The summed E-state index contributed by atoms with van der Waals surface area (Å²) >= 11 is 0. The Kier molecular flexibility index (Phi) is 4.45. The summed E-state index contributed by atoms with van der Waals surface area (Å²) in [6, 6.07) is 2.02. The average Bonchev–Trinajstić information content (AvgIpc) is 3.25. The van der Waals surface area contributed by atoms with Gasteiger partial charge in [0.05, 0.1) is 23.7 Å². The number of carbonyl (C=O) groups excluding carboxylic acids is 1. The van der Waals surface area contributed by atoms with Gasteiger partial charge in [-0.05, 0) is 26.8 Å². The van der Waals surface area contributed by atoms with E-state index in [9.17, 15) is 4.79 Å². The molecule has 8 heteroatoms. The van der Waals surface area contributed by atoms with Gasteiger partial charge in [-0.1, -0.05) is 0 Å². The number of anilines is 1. The van der Waals surface area contributed by atoms with Crippen molar-refractivity contribution >= 4 is 11.6 Å². The normalized spacial score (nSPS) is 11.2. The Morgan fingerprint density at radius 1 is 1.38 bits per heavy atom. The molecule has 8 nitrogen and oxygen atoms in total. The van der Waals surface area contributed by atoms with Crippen LogP contribution in [-0.4, -0.2) is 25.9 Å². The number of furan rings is 1. The predicted molar refractivity (Wildman–Crippen MR) is 86.3 cm³/mol. The molecule has 0 aliphatic carbocycles. The lowest BCUT2D eigenvalue weighted by molar-refractivity contribution is -0.116. The molecule has 0 aromatic carbocycles. The van der Waals surface area contributed by atoms with Gasteiger partial charge < -0.3 is 14.2 Å². The van der Waals surface area contributed by atoms with E-state index in [0.29, 0.717) is 29.6 Å². The molecule has 0 fully saturated rings. The number of aryl methyl sites for hydroxylation is 2. The van der Waals surface area contributed by atoms with E-state index in [1.165, 1.54) is 0 Å². The first-order valence-electron chi connectivity index (χ1n) is 7.74. The third kappa shape index (κ3) is 3.53. The van der Waals surface area contributed by atoms with E-state index in [0.717, 1.165) is 5.56 Å². The number of nitrogens with zero attached hydrogens (tertiary/aromatic N) is 4. The van der Waals surface area contributed by atoms with Gasteiger partial charge in [0.25, 0.3) is 5.89 Å². The molecular weight excluding hydrogens is 310 g/mol. The number of aromatic nitrogens is 4. The second-order valence-corrected chi connectivity index (χ2v) is 5.74. The Hall–Kier alpha value is -2.90. The van der Waals surface area contributed by atoms with E-state index in [4.69, 9.17) is 8.83 Å². The molecular formula is C16H19N5O3. The number of nitrogens with one attached hydrogen (secondary N) is 1. The second-order valence-electron chi connectivity index (χ2n) is 5.74. The first-order valence-corrected chi connectivity index (χ1v) is 7.74. The molecule has 0 saturated heterocycles. The molecule has 3 aromatic heterocycles. The van der Waals surface area contributed by atoms with E-state index in [-0.39, 0.29) is 18.4 Å². The van der Waals surface area contributed by atoms with Crippen LogP contribution in [0.2, 0.25) is 0 Å². The zero-order valence-electron chi connectivity index (χ0n) is 13.8. The summed E-state index contributed by atoms with van der Waals surface area (Å²) in [5, 5.41) is 14.9. The second kappa shape index (κ2) is 6.69. The van der Waals surface area contributed by atoms with Crippen LogP contribution in [-0.2, 0) is 11.2 Å². The van der Waals surface area contributed by atoms with Crippen LogP contribution < -0.4 is 5.32 Å². The van der Waals surface area contributed by atoms with Crippen molar-refractivity contribution in [3.63, 3.8) is 0 Å². The molecule has 3 rings (SSSR count). The van der Waals surface area contributed by atoms with Crippen molar-refractivity contribution in [2.75, 3.05) is 5.32 Å². The monoisotopic (exact) mass is 329 g/mol. The largest absolute Gasteiger partial charge is 0.469 e. The highest BCUT2D eigenvalue weighted by Crippen LogP contribution is 2.23. The molecule has 0 radical (unpaired) electrons. The van der Waals surface area contributed by atoms with Crippen LogP contribution in [0.3, 0.4) is 0 Å². The highest BCUT2D eigenvalue weighted by molar-refractivity contribution is 5.90. The van der Waals surface area contributed by atoms with Gasteiger partial charge in [-0.2, -0.15) is 5.10 Å². The Morgan fingerprint density at radius 2 is 2.21 bits per heavy atom. The molecule has 3 heterocycles. The smallest absolute Gasteiger partial charge is 0.251 e. The third-order valence-electron chi connectivity index (χ3n) is 3.54. The van der Waals surface area contributed by atoms with E-state index < -0.39 is 0 Å². The van der Waals surface area contributed by atoms with Crippen molar-refractivity contribution in [2.24, 2.45) is 0 Å². The number of hydrogen-bond acceptors (Lipinski definition) is 6. The summed E-state index contributed by atoms with van der Waals surface area (Å²) in [4.78, 5) is 12.0. The lowest BCUT2D eigenvalue weighted by Crippen LogP contribution is -2.12. The van der Waals surface area contributed by atoms with Crippen LogP contribution in [0, 0.1) is 6.92 Å². The summed E-state index contributed by atoms with van der Waals surface area (Å²) in [6.07, 6.45) is 5.62. The van der Waals surface area contributed by atoms with Gasteiger partial charge in [0, 0.05) is 25.1 Å². The first-order chi connectivity index (χ1) is 11.5. The van der Waals surface area contributed by atoms with Gasteiger partial charge in [-0.3, -0.25) is 9.48 Å².